The number of rotatable bonds is 2. The number of methoxy groups -OCH3 is 1. The van der Waals surface area contributed by atoms with Crippen LogP contribution in [-0.2, 0) is 0 Å². The molecule has 0 fully saturated rings. The van der Waals surface area contributed by atoms with E-state index in [0.29, 0.717) is 16.5 Å². The summed E-state index contributed by atoms with van der Waals surface area (Å²) in [5.41, 5.74) is 1.22. The molecule has 0 aliphatic heterocycles. The van der Waals surface area contributed by atoms with Crippen molar-refractivity contribution in [2.75, 3.05) is 7.11 Å². The maximum absolute atomic E-state index is 12.6. The van der Waals surface area contributed by atoms with Gasteiger partial charge in [0.2, 0.25) is 5.43 Å². The lowest BCUT2D eigenvalue weighted by atomic mass is 10.0. The fourth-order valence-electron chi connectivity index (χ4n) is 2.16. The number of benzene rings is 2. The number of fused-ring (bicyclic) bond motifs is 1. The molecule has 1 aromatic heterocycles. The molecule has 0 saturated heterocycles. The Labute approximate surface area is 114 Å². The van der Waals surface area contributed by atoms with Crippen molar-refractivity contribution in [3.05, 3.63) is 58.8 Å². The third-order valence-corrected chi connectivity index (χ3v) is 3.09. The Morgan fingerprint density at radius 2 is 1.85 bits per heavy atom. The molecule has 0 spiro atoms. The molecule has 0 saturated carbocycles. The van der Waals surface area contributed by atoms with Crippen molar-refractivity contribution in [1.29, 1.82) is 0 Å². The Balaban J connectivity index is 2.40. The fraction of sp³-hybridized carbons (Fsp3) is 0.0625. The predicted molar refractivity (Wildman–Crippen MR) is 76.1 cm³/mol. The average Bonchev–Trinajstić information content (AvgIpc) is 2.47. The Hall–Kier alpha value is -2.75. The predicted octanol–water partition coefficient (Wildman–Crippen LogP) is 3.17. The van der Waals surface area contributed by atoms with E-state index in [1.54, 1.807) is 6.07 Å². The minimum absolute atomic E-state index is 0.0372. The van der Waals surface area contributed by atoms with Gasteiger partial charge in [-0.05, 0) is 17.7 Å². The number of aromatic hydroxyl groups is 1. The lowest BCUT2D eigenvalue weighted by Crippen LogP contribution is -2.07. The van der Waals surface area contributed by atoms with Gasteiger partial charge in [-0.1, -0.05) is 30.3 Å². The number of hydrogen-bond donors (Lipinski definition) is 1. The second kappa shape index (κ2) is 4.74. The SMILES string of the molecule is COc1oc2cc(O)ccc2c(=O)c1-c1ccccc1. The van der Waals surface area contributed by atoms with Crippen molar-refractivity contribution in [2.24, 2.45) is 0 Å². The molecule has 0 amide bonds. The van der Waals surface area contributed by atoms with Crippen molar-refractivity contribution in [1.82, 2.24) is 0 Å². The van der Waals surface area contributed by atoms with Crippen LogP contribution in [0.1, 0.15) is 0 Å². The van der Waals surface area contributed by atoms with Crippen molar-refractivity contribution >= 4 is 11.0 Å². The lowest BCUT2D eigenvalue weighted by Gasteiger charge is -2.08. The fourth-order valence-corrected chi connectivity index (χ4v) is 2.16. The van der Waals surface area contributed by atoms with Crippen LogP contribution in [0.3, 0.4) is 0 Å². The summed E-state index contributed by atoms with van der Waals surface area (Å²) in [6, 6.07) is 13.6. The molecule has 3 aromatic rings. The molecule has 20 heavy (non-hydrogen) atoms. The third-order valence-electron chi connectivity index (χ3n) is 3.09. The molecular weight excluding hydrogens is 256 g/mol. The van der Waals surface area contributed by atoms with Gasteiger partial charge in [-0.15, -0.1) is 0 Å². The monoisotopic (exact) mass is 268 g/mol. The second-order valence-electron chi connectivity index (χ2n) is 4.34. The van der Waals surface area contributed by atoms with E-state index >= 15 is 0 Å². The quantitative estimate of drug-likeness (QED) is 0.775. The third kappa shape index (κ3) is 1.91. The highest BCUT2D eigenvalue weighted by molar-refractivity contribution is 5.84. The van der Waals surface area contributed by atoms with Crippen molar-refractivity contribution < 1.29 is 14.3 Å². The van der Waals surface area contributed by atoms with Gasteiger partial charge < -0.3 is 14.3 Å². The number of hydrogen-bond acceptors (Lipinski definition) is 4. The minimum atomic E-state index is -0.186. The van der Waals surface area contributed by atoms with Crippen LogP contribution in [0.4, 0.5) is 0 Å². The maximum Gasteiger partial charge on any atom is 0.296 e. The van der Waals surface area contributed by atoms with Gasteiger partial charge >= 0.3 is 0 Å². The van der Waals surface area contributed by atoms with E-state index in [9.17, 15) is 9.90 Å². The maximum atomic E-state index is 12.6. The van der Waals surface area contributed by atoms with Crippen LogP contribution >= 0.6 is 0 Å². The highest BCUT2D eigenvalue weighted by Gasteiger charge is 2.16. The Kier molecular flexibility index (Phi) is 2.91. The topological polar surface area (TPSA) is 59.7 Å². The van der Waals surface area contributed by atoms with E-state index < -0.39 is 0 Å². The number of phenols is 1. The van der Waals surface area contributed by atoms with Crippen LogP contribution < -0.4 is 10.2 Å². The molecule has 0 aliphatic rings. The largest absolute Gasteiger partial charge is 0.508 e. The summed E-state index contributed by atoms with van der Waals surface area (Å²) in [6.07, 6.45) is 0. The number of ether oxygens (including phenoxy) is 1. The van der Waals surface area contributed by atoms with Gasteiger partial charge in [-0.2, -0.15) is 0 Å². The molecule has 0 radical (unpaired) electrons. The van der Waals surface area contributed by atoms with Gasteiger partial charge in [0.05, 0.1) is 12.5 Å². The zero-order valence-electron chi connectivity index (χ0n) is 10.8. The van der Waals surface area contributed by atoms with E-state index in [-0.39, 0.29) is 17.1 Å². The van der Waals surface area contributed by atoms with E-state index in [2.05, 4.69) is 0 Å². The molecule has 0 unspecified atom stereocenters. The summed E-state index contributed by atoms with van der Waals surface area (Å²) in [6.45, 7) is 0. The molecule has 1 N–H and O–H groups in total. The van der Waals surface area contributed by atoms with Crippen LogP contribution in [-0.4, -0.2) is 12.2 Å². The van der Waals surface area contributed by atoms with Crippen molar-refractivity contribution in [2.45, 2.75) is 0 Å². The zero-order valence-corrected chi connectivity index (χ0v) is 10.8. The molecule has 4 nitrogen and oxygen atoms in total. The number of phenolic OH excluding ortho intramolecular Hbond substituents is 1. The van der Waals surface area contributed by atoms with Gasteiger partial charge in [0.1, 0.15) is 16.9 Å². The minimum Gasteiger partial charge on any atom is -0.508 e. The van der Waals surface area contributed by atoms with Crippen LogP contribution in [0.5, 0.6) is 11.7 Å². The first kappa shape index (κ1) is 12.3. The van der Waals surface area contributed by atoms with E-state index in [0.717, 1.165) is 5.56 Å². The van der Waals surface area contributed by atoms with Crippen molar-refractivity contribution in [3.63, 3.8) is 0 Å². The summed E-state index contributed by atoms with van der Waals surface area (Å²) in [5, 5.41) is 9.87. The first-order valence-electron chi connectivity index (χ1n) is 6.10. The molecule has 100 valence electrons. The smallest absolute Gasteiger partial charge is 0.296 e. The van der Waals surface area contributed by atoms with Crippen LogP contribution in [0.15, 0.2) is 57.7 Å². The summed E-state index contributed by atoms with van der Waals surface area (Å²) >= 11 is 0. The summed E-state index contributed by atoms with van der Waals surface area (Å²) in [5.74, 6) is 0.175. The van der Waals surface area contributed by atoms with Crippen LogP contribution in [0, 0.1) is 0 Å². The van der Waals surface area contributed by atoms with Gasteiger partial charge in [-0.3, -0.25) is 4.79 Å². The van der Waals surface area contributed by atoms with E-state index in [1.807, 2.05) is 30.3 Å². The van der Waals surface area contributed by atoms with Crippen LogP contribution in [0.25, 0.3) is 22.1 Å². The summed E-state index contributed by atoms with van der Waals surface area (Å²) in [7, 11) is 1.44. The normalized spacial score (nSPS) is 10.7. The molecule has 0 atom stereocenters. The molecule has 0 aliphatic carbocycles. The summed E-state index contributed by atoms with van der Waals surface area (Å²) < 4.78 is 10.8. The molecular formula is C16H12O4. The standard InChI is InChI=1S/C16H12O4/c1-19-16-14(10-5-3-2-4-6-10)15(18)12-8-7-11(17)9-13(12)20-16/h2-9,17H,1H3. The Morgan fingerprint density at radius 1 is 1.10 bits per heavy atom. The van der Waals surface area contributed by atoms with Gasteiger partial charge in [0, 0.05) is 6.07 Å². The highest BCUT2D eigenvalue weighted by atomic mass is 16.6. The molecule has 4 heteroatoms. The zero-order chi connectivity index (χ0) is 14.1. The second-order valence-corrected chi connectivity index (χ2v) is 4.34. The molecule has 1 heterocycles. The van der Waals surface area contributed by atoms with Gasteiger partial charge in [0.25, 0.3) is 5.95 Å². The first-order chi connectivity index (χ1) is 9.70. The van der Waals surface area contributed by atoms with E-state index in [4.69, 9.17) is 9.15 Å². The van der Waals surface area contributed by atoms with Crippen molar-refractivity contribution in [3.8, 4) is 22.8 Å². The average molecular weight is 268 g/mol. The Bertz CT molecular complexity index is 819. The van der Waals surface area contributed by atoms with Crippen LogP contribution in [0.2, 0.25) is 0 Å². The molecule has 0 bridgehead atoms. The molecule has 3 rings (SSSR count). The van der Waals surface area contributed by atoms with E-state index in [1.165, 1.54) is 19.2 Å². The summed E-state index contributed by atoms with van der Waals surface area (Å²) in [4.78, 5) is 12.6. The lowest BCUT2D eigenvalue weighted by molar-refractivity contribution is 0.312. The van der Waals surface area contributed by atoms with Gasteiger partial charge in [-0.25, -0.2) is 0 Å². The molecule has 2 aromatic carbocycles. The first-order valence-corrected chi connectivity index (χ1v) is 6.10. The Morgan fingerprint density at radius 3 is 2.55 bits per heavy atom. The van der Waals surface area contributed by atoms with Gasteiger partial charge in [0.15, 0.2) is 0 Å². The highest BCUT2D eigenvalue weighted by Crippen LogP contribution is 2.31.